The summed E-state index contributed by atoms with van der Waals surface area (Å²) in [6.07, 6.45) is 2.08. The number of nitrogen functional groups attached to an aromatic ring is 1. The van der Waals surface area contributed by atoms with Crippen LogP contribution in [0.1, 0.15) is 12.8 Å². The second kappa shape index (κ2) is 6.11. The van der Waals surface area contributed by atoms with E-state index < -0.39 is 0 Å². The quantitative estimate of drug-likeness (QED) is 0.628. The van der Waals surface area contributed by atoms with E-state index in [1.165, 1.54) is 0 Å². The molecule has 0 bridgehead atoms. The lowest BCUT2D eigenvalue weighted by Gasteiger charge is -2.29. The van der Waals surface area contributed by atoms with E-state index in [0.717, 1.165) is 36.5 Å². The van der Waals surface area contributed by atoms with E-state index in [1.54, 1.807) is 11.8 Å². The van der Waals surface area contributed by atoms with E-state index in [0.29, 0.717) is 11.4 Å². The molecule has 0 spiro atoms. The number of hydrogen-bond acceptors (Lipinski definition) is 4. The van der Waals surface area contributed by atoms with E-state index >= 15 is 0 Å². The molecule has 1 aliphatic rings. The van der Waals surface area contributed by atoms with Crippen LogP contribution in [0.3, 0.4) is 0 Å². The summed E-state index contributed by atoms with van der Waals surface area (Å²) >= 11 is 1.59. The third-order valence-corrected chi connectivity index (χ3v) is 4.03. The number of nitrogens with zero attached hydrogens (tertiary/aromatic N) is 1. The highest BCUT2D eigenvalue weighted by atomic mass is 32.2. The molecule has 3 N–H and O–H groups in total. The molecule has 0 saturated carbocycles. The van der Waals surface area contributed by atoms with Crippen LogP contribution in [0.15, 0.2) is 23.1 Å². The molecule has 0 fully saturated rings. The summed E-state index contributed by atoms with van der Waals surface area (Å²) in [5.74, 6) is 0.714. The summed E-state index contributed by atoms with van der Waals surface area (Å²) in [7, 11) is 1.94. The molecule has 2 rings (SSSR count). The highest BCUT2D eigenvalue weighted by Gasteiger charge is 2.24. The third-order valence-electron chi connectivity index (χ3n) is 2.98. The van der Waals surface area contributed by atoms with Gasteiger partial charge in [-0.15, -0.1) is 11.8 Å². The number of rotatable bonds is 5. The molecule has 1 heterocycles. The van der Waals surface area contributed by atoms with Gasteiger partial charge in [0.05, 0.1) is 11.4 Å². The molecule has 98 valence electrons. The maximum absolute atomic E-state index is 12.0. The maximum Gasteiger partial charge on any atom is 0.237 e. The topological polar surface area (TPSA) is 58.4 Å². The SMILES string of the molecule is CNCCCCN1C(=O)CSc2ccc(N)cc21. The van der Waals surface area contributed by atoms with Crippen molar-refractivity contribution in [2.75, 3.05) is 36.5 Å². The van der Waals surface area contributed by atoms with E-state index in [4.69, 9.17) is 5.73 Å². The number of nitrogens with two attached hydrogens (primary N) is 1. The zero-order chi connectivity index (χ0) is 13.0. The molecule has 0 aromatic heterocycles. The van der Waals surface area contributed by atoms with Gasteiger partial charge in [-0.05, 0) is 44.6 Å². The summed E-state index contributed by atoms with van der Waals surface area (Å²) in [6.45, 7) is 1.76. The number of fused-ring (bicyclic) bond motifs is 1. The Morgan fingerprint density at radius 1 is 1.44 bits per heavy atom. The molecule has 5 heteroatoms. The van der Waals surface area contributed by atoms with E-state index in [-0.39, 0.29) is 5.91 Å². The molecule has 1 aliphatic heterocycles. The Balaban J connectivity index is 2.09. The fraction of sp³-hybridized carbons (Fsp3) is 0.462. The first-order chi connectivity index (χ1) is 8.72. The summed E-state index contributed by atoms with van der Waals surface area (Å²) < 4.78 is 0. The van der Waals surface area contributed by atoms with Crippen molar-refractivity contribution >= 4 is 29.0 Å². The van der Waals surface area contributed by atoms with Crippen LogP contribution < -0.4 is 16.0 Å². The second-order valence-electron chi connectivity index (χ2n) is 4.37. The first-order valence-electron chi connectivity index (χ1n) is 6.19. The smallest absolute Gasteiger partial charge is 0.237 e. The van der Waals surface area contributed by atoms with Crippen LogP contribution in [0.4, 0.5) is 11.4 Å². The van der Waals surface area contributed by atoms with Crippen LogP contribution >= 0.6 is 11.8 Å². The van der Waals surface area contributed by atoms with Gasteiger partial charge < -0.3 is 16.0 Å². The minimum atomic E-state index is 0.183. The van der Waals surface area contributed by atoms with Crippen molar-refractivity contribution in [2.45, 2.75) is 17.7 Å². The van der Waals surface area contributed by atoms with Crippen molar-refractivity contribution < 1.29 is 4.79 Å². The molecular weight excluding hydrogens is 246 g/mol. The summed E-state index contributed by atoms with van der Waals surface area (Å²) in [4.78, 5) is 15.0. The molecule has 0 atom stereocenters. The maximum atomic E-state index is 12.0. The summed E-state index contributed by atoms with van der Waals surface area (Å²) in [6, 6.07) is 5.79. The number of amides is 1. The zero-order valence-electron chi connectivity index (χ0n) is 10.6. The van der Waals surface area contributed by atoms with E-state index in [9.17, 15) is 4.79 Å². The average molecular weight is 265 g/mol. The van der Waals surface area contributed by atoms with Crippen molar-refractivity contribution in [1.82, 2.24) is 5.32 Å². The number of thioether (sulfide) groups is 1. The Labute approximate surface area is 112 Å². The highest BCUT2D eigenvalue weighted by molar-refractivity contribution is 8.00. The number of carbonyl (C=O) groups is 1. The van der Waals surface area contributed by atoms with Crippen LogP contribution in [0.5, 0.6) is 0 Å². The molecule has 1 aromatic carbocycles. The van der Waals surface area contributed by atoms with Gasteiger partial charge >= 0.3 is 0 Å². The minimum Gasteiger partial charge on any atom is -0.399 e. The highest BCUT2D eigenvalue weighted by Crippen LogP contribution is 2.36. The number of nitrogens with one attached hydrogen (secondary N) is 1. The Morgan fingerprint density at radius 2 is 2.28 bits per heavy atom. The Kier molecular flexibility index (Phi) is 4.49. The number of hydrogen-bond donors (Lipinski definition) is 2. The predicted molar refractivity (Wildman–Crippen MR) is 77.1 cm³/mol. The minimum absolute atomic E-state index is 0.183. The van der Waals surface area contributed by atoms with Crippen LogP contribution in [0.25, 0.3) is 0 Å². The lowest BCUT2D eigenvalue weighted by molar-refractivity contribution is -0.116. The van der Waals surface area contributed by atoms with Crippen molar-refractivity contribution in [3.05, 3.63) is 18.2 Å². The molecule has 18 heavy (non-hydrogen) atoms. The van der Waals surface area contributed by atoms with Crippen LogP contribution in [-0.2, 0) is 4.79 Å². The largest absolute Gasteiger partial charge is 0.399 e. The summed E-state index contributed by atoms with van der Waals surface area (Å²) in [5, 5.41) is 3.12. The zero-order valence-corrected chi connectivity index (χ0v) is 11.4. The number of unbranched alkanes of at least 4 members (excludes halogenated alkanes) is 1. The Morgan fingerprint density at radius 3 is 3.06 bits per heavy atom. The van der Waals surface area contributed by atoms with Crippen molar-refractivity contribution in [3.8, 4) is 0 Å². The molecule has 0 aliphatic carbocycles. The standard InChI is InChI=1S/C13H19N3OS/c1-15-6-2-3-7-16-11-8-10(14)4-5-12(11)18-9-13(16)17/h4-5,8,15H,2-3,6-7,9,14H2,1H3. The third kappa shape index (κ3) is 2.97. The number of anilines is 2. The number of benzene rings is 1. The molecule has 0 saturated heterocycles. The van der Waals surface area contributed by atoms with Gasteiger partial charge in [0, 0.05) is 17.1 Å². The van der Waals surface area contributed by atoms with Crippen LogP contribution in [0.2, 0.25) is 0 Å². The molecule has 0 radical (unpaired) electrons. The lowest BCUT2D eigenvalue weighted by Crippen LogP contribution is -2.36. The monoisotopic (exact) mass is 265 g/mol. The average Bonchev–Trinajstić information content (AvgIpc) is 2.36. The fourth-order valence-electron chi connectivity index (χ4n) is 2.04. The van der Waals surface area contributed by atoms with Gasteiger partial charge in [0.15, 0.2) is 0 Å². The Bertz CT molecular complexity index is 436. The summed E-state index contributed by atoms with van der Waals surface area (Å²) in [5.41, 5.74) is 7.49. The molecule has 1 aromatic rings. The Hall–Kier alpha value is -1.20. The number of carbonyl (C=O) groups excluding carboxylic acids is 1. The fourth-order valence-corrected chi connectivity index (χ4v) is 2.95. The van der Waals surface area contributed by atoms with Gasteiger partial charge in [-0.3, -0.25) is 4.79 Å². The van der Waals surface area contributed by atoms with Crippen molar-refractivity contribution in [1.29, 1.82) is 0 Å². The first kappa shape index (κ1) is 13.2. The molecule has 4 nitrogen and oxygen atoms in total. The van der Waals surface area contributed by atoms with Gasteiger partial charge in [0.25, 0.3) is 0 Å². The van der Waals surface area contributed by atoms with E-state index in [2.05, 4.69) is 5.32 Å². The van der Waals surface area contributed by atoms with Crippen LogP contribution in [0, 0.1) is 0 Å². The van der Waals surface area contributed by atoms with Gasteiger partial charge in [0.1, 0.15) is 0 Å². The first-order valence-corrected chi connectivity index (χ1v) is 7.18. The van der Waals surface area contributed by atoms with Gasteiger partial charge in [-0.25, -0.2) is 0 Å². The molecular formula is C13H19N3OS. The van der Waals surface area contributed by atoms with Crippen molar-refractivity contribution in [3.63, 3.8) is 0 Å². The molecule has 0 unspecified atom stereocenters. The van der Waals surface area contributed by atoms with Crippen LogP contribution in [-0.4, -0.2) is 31.8 Å². The predicted octanol–water partition coefficient (Wildman–Crippen LogP) is 1.71. The normalized spacial score (nSPS) is 14.7. The van der Waals surface area contributed by atoms with Crippen molar-refractivity contribution in [2.24, 2.45) is 0 Å². The van der Waals surface area contributed by atoms with Gasteiger partial charge in [-0.1, -0.05) is 0 Å². The van der Waals surface area contributed by atoms with Gasteiger partial charge in [0.2, 0.25) is 5.91 Å². The lowest BCUT2D eigenvalue weighted by atomic mass is 10.2. The second-order valence-corrected chi connectivity index (χ2v) is 5.39. The van der Waals surface area contributed by atoms with E-state index in [1.807, 2.05) is 30.1 Å². The molecule has 1 amide bonds. The van der Waals surface area contributed by atoms with Gasteiger partial charge in [-0.2, -0.15) is 0 Å².